The maximum Gasteiger partial charge on any atom is 0.418 e. The van der Waals surface area contributed by atoms with Gasteiger partial charge in [0.2, 0.25) is 0 Å². The molecule has 1 amide bonds. The molecular weight excluding hydrogens is 331 g/mol. The Morgan fingerprint density at radius 2 is 2.04 bits per heavy atom. The number of alkyl halides is 3. The zero-order chi connectivity index (χ0) is 16.6. The van der Waals surface area contributed by atoms with E-state index in [0.29, 0.717) is 17.5 Å². The molecule has 3 rings (SSSR count). The van der Waals surface area contributed by atoms with Crippen molar-refractivity contribution in [2.24, 2.45) is 0 Å². The van der Waals surface area contributed by atoms with Crippen LogP contribution in [0.25, 0.3) is 0 Å². The Morgan fingerprint density at radius 3 is 2.78 bits per heavy atom. The van der Waals surface area contributed by atoms with Crippen molar-refractivity contribution in [3.63, 3.8) is 0 Å². The SMILES string of the molecule is O=C(Nc1ccccc1C(F)(F)F)c1cnc2n(c1=O)CCS2. The van der Waals surface area contributed by atoms with Gasteiger partial charge in [0.05, 0.1) is 11.3 Å². The number of carbonyl (C=O) groups is 1. The molecule has 0 bridgehead atoms. The molecule has 1 aliphatic heterocycles. The number of anilines is 1. The molecule has 0 unspecified atom stereocenters. The lowest BCUT2D eigenvalue weighted by molar-refractivity contribution is -0.136. The number of nitrogens with one attached hydrogen (secondary N) is 1. The van der Waals surface area contributed by atoms with E-state index >= 15 is 0 Å². The van der Waals surface area contributed by atoms with Gasteiger partial charge in [-0.15, -0.1) is 0 Å². The Morgan fingerprint density at radius 1 is 1.30 bits per heavy atom. The summed E-state index contributed by atoms with van der Waals surface area (Å²) in [5.41, 5.74) is -2.21. The Labute approximate surface area is 132 Å². The summed E-state index contributed by atoms with van der Waals surface area (Å²) in [6, 6.07) is 4.59. The van der Waals surface area contributed by atoms with E-state index in [9.17, 15) is 22.8 Å². The minimum absolute atomic E-state index is 0.284. The van der Waals surface area contributed by atoms with E-state index in [1.165, 1.54) is 28.5 Å². The predicted octanol–water partition coefficient (Wildman–Crippen LogP) is 2.62. The summed E-state index contributed by atoms with van der Waals surface area (Å²) in [5.74, 6) is -0.240. The van der Waals surface area contributed by atoms with Gasteiger partial charge >= 0.3 is 6.18 Å². The molecule has 1 aliphatic rings. The minimum Gasteiger partial charge on any atom is -0.321 e. The van der Waals surface area contributed by atoms with Crippen LogP contribution >= 0.6 is 11.8 Å². The van der Waals surface area contributed by atoms with Crippen LogP contribution in [-0.2, 0) is 12.7 Å². The van der Waals surface area contributed by atoms with Crippen LogP contribution in [0, 0.1) is 0 Å². The standard InChI is InChI=1S/C14H10F3N3O2S/c15-14(16,17)9-3-1-2-4-10(9)19-11(21)8-7-18-13-20(12(8)22)5-6-23-13/h1-4,7H,5-6H2,(H,19,21). The van der Waals surface area contributed by atoms with Crippen LogP contribution in [0.4, 0.5) is 18.9 Å². The topological polar surface area (TPSA) is 64.0 Å². The maximum atomic E-state index is 12.9. The number of aromatic nitrogens is 2. The average molecular weight is 341 g/mol. The van der Waals surface area contributed by atoms with Gasteiger partial charge in [0.25, 0.3) is 11.5 Å². The third-order valence-corrected chi connectivity index (χ3v) is 4.25. The van der Waals surface area contributed by atoms with Crippen LogP contribution in [0.3, 0.4) is 0 Å². The number of amides is 1. The molecule has 0 fully saturated rings. The highest BCUT2D eigenvalue weighted by molar-refractivity contribution is 7.99. The summed E-state index contributed by atoms with van der Waals surface area (Å²) in [7, 11) is 0. The quantitative estimate of drug-likeness (QED) is 0.853. The fraction of sp³-hybridized carbons (Fsp3) is 0.214. The van der Waals surface area contributed by atoms with Crippen molar-refractivity contribution in [1.29, 1.82) is 0 Å². The maximum absolute atomic E-state index is 12.9. The van der Waals surface area contributed by atoms with E-state index in [0.717, 1.165) is 18.3 Å². The molecular formula is C14H10F3N3O2S. The van der Waals surface area contributed by atoms with Gasteiger partial charge in [-0.3, -0.25) is 14.2 Å². The van der Waals surface area contributed by atoms with Crippen molar-refractivity contribution in [3.8, 4) is 0 Å². The van der Waals surface area contributed by atoms with Gasteiger partial charge in [-0.2, -0.15) is 13.2 Å². The molecule has 9 heteroatoms. The zero-order valence-electron chi connectivity index (χ0n) is 11.6. The second-order valence-corrected chi connectivity index (χ2v) is 5.82. The van der Waals surface area contributed by atoms with E-state index in [-0.39, 0.29) is 5.56 Å². The predicted molar refractivity (Wildman–Crippen MR) is 78.6 cm³/mol. The largest absolute Gasteiger partial charge is 0.418 e. The van der Waals surface area contributed by atoms with Crippen LogP contribution in [-0.4, -0.2) is 21.2 Å². The summed E-state index contributed by atoms with van der Waals surface area (Å²) >= 11 is 1.38. The van der Waals surface area contributed by atoms with Crippen LogP contribution in [0.15, 0.2) is 40.4 Å². The fourth-order valence-corrected chi connectivity index (χ4v) is 3.12. The van der Waals surface area contributed by atoms with Gasteiger partial charge < -0.3 is 5.32 Å². The first-order valence-electron chi connectivity index (χ1n) is 6.58. The van der Waals surface area contributed by atoms with Crippen molar-refractivity contribution in [1.82, 2.24) is 9.55 Å². The van der Waals surface area contributed by atoms with Crippen LogP contribution in [0.5, 0.6) is 0 Å². The van der Waals surface area contributed by atoms with Crippen LogP contribution < -0.4 is 10.9 Å². The molecule has 23 heavy (non-hydrogen) atoms. The number of hydrogen-bond donors (Lipinski definition) is 1. The van der Waals surface area contributed by atoms with E-state index in [4.69, 9.17) is 0 Å². The smallest absolute Gasteiger partial charge is 0.321 e. The molecule has 0 radical (unpaired) electrons. The first kappa shape index (κ1) is 15.6. The summed E-state index contributed by atoms with van der Waals surface area (Å²) in [5, 5.41) is 2.65. The van der Waals surface area contributed by atoms with E-state index in [1.807, 2.05) is 0 Å². The lowest BCUT2D eigenvalue weighted by atomic mass is 10.1. The summed E-state index contributed by atoms with van der Waals surface area (Å²) < 4.78 is 40.1. The number of rotatable bonds is 2. The monoisotopic (exact) mass is 341 g/mol. The lowest BCUT2D eigenvalue weighted by Gasteiger charge is -2.13. The molecule has 0 saturated carbocycles. The highest BCUT2D eigenvalue weighted by atomic mass is 32.2. The van der Waals surface area contributed by atoms with Gasteiger partial charge in [0.1, 0.15) is 5.56 Å². The normalized spacial score (nSPS) is 13.7. The average Bonchev–Trinajstić information content (AvgIpc) is 2.96. The third-order valence-electron chi connectivity index (χ3n) is 3.28. The van der Waals surface area contributed by atoms with Crippen molar-refractivity contribution in [3.05, 3.63) is 51.9 Å². The first-order chi connectivity index (χ1) is 10.9. The Kier molecular flexibility index (Phi) is 3.88. The molecule has 1 aromatic carbocycles. The second-order valence-electron chi connectivity index (χ2n) is 4.76. The molecule has 1 N–H and O–H groups in total. The molecule has 120 valence electrons. The highest BCUT2D eigenvalue weighted by Crippen LogP contribution is 2.34. The molecule has 5 nitrogen and oxygen atoms in total. The summed E-state index contributed by atoms with van der Waals surface area (Å²) in [6.07, 6.45) is -3.51. The fourth-order valence-electron chi connectivity index (χ4n) is 2.20. The number of para-hydroxylation sites is 1. The second kappa shape index (κ2) is 5.73. The number of carbonyl (C=O) groups excluding carboxylic acids is 1. The van der Waals surface area contributed by atoms with E-state index in [1.54, 1.807) is 0 Å². The van der Waals surface area contributed by atoms with Crippen molar-refractivity contribution in [2.45, 2.75) is 17.9 Å². The van der Waals surface area contributed by atoms with Crippen LogP contribution in [0.1, 0.15) is 15.9 Å². The van der Waals surface area contributed by atoms with Crippen LogP contribution in [0.2, 0.25) is 0 Å². The molecule has 2 heterocycles. The number of benzene rings is 1. The van der Waals surface area contributed by atoms with Gasteiger partial charge in [0.15, 0.2) is 5.16 Å². The van der Waals surface area contributed by atoms with Gasteiger partial charge in [0, 0.05) is 18.5 Å². The van der Waals surface area contributed by atoms with E-state index in [2.05, 4.69) is 10.3 Å². The number of halogens is 3. The number of nitrogens with zero attached hydrogens (tertiary/aromatic N) is 2. The summed E-state index contributed by atoms with van der Waals surface area (Å²) in [6.45, 7) is 0.423. The number of fused-ring (bicyclic) bond motifs is 1. The zero-order valence-corrected chi connectivity index (χ0v) is 12.4. The molecule has 0 aliphatic carbocycles. The molecule has 0 spiro atoms. The molecule has 1 aromatic heterocycles. The van der Waals surface area contributed by atoms with Crippen molar-refractivity contribution in [2.75, 3.05) is 11.1 Å². The Bertz CT molecular complexity index is 833. The first-order valence-corrected chi connectivity index (χ1v) is 7.56. The van der Waals surface area contributed by atoms with E-state index < -0.39 is 28.9 Å². The Balaban J connectivity index is 1.94. The number of hydrogen-bond acceptors (Lipinski definition) is 4. The molecule has 2 aromatic rings. The third kappa shape index (κ3) is 2.96. The Hall–Kier alpha value is -2.29. The van der Waals surface area contributed by atoms with Crippen molar-refractivity contribution < 1.29 is 18.0 Å². The van der Waals surface area contributed by atoms with Crippen molar-refractivity contribution >= 4 is 23.4 Å². The highest BCUT2D eigenvalue weighted by Gasteiger charge is 2.34. The van der Waals surface area contributed by atoms with Gasteiger partial charge in [-0.05, 0) is 12.1 Å². The molecule has 0 saturated heterocycles. The van der Waals surface area contributed by atoms with Gasteiger partial charge in [-0.1, -0.05) is 23.9 Å². The van der Waals surface area contributed by atoms with Gasteiger partial charge in [-0.25, -0.2) is 4.98 Å². The number of thioether (sulfide) groups is 1. The summed E-state index contributed by atoms with van der Waals surface area (Å²) in [4.78, 5) is 28.4. The molecule has 0 atom stereocenters. The lowest BCUT2D eigenvalue weighted by Crippen LogP contribution is -2.30. The minimum atomic E-state index is -4.61.